The summed E-state index contributed by atoms with van der Waals surface area (Å²) in [6, 6.07) is 15.7. The molecule has 3 N–H and O–H groups in total. The molecule has 1 saturated heterocycles. The Bertz CT molecular complexity index is 1410. The van der Waals surface area contributed by atoms with E-state index in [4.69, 9.17) is 10.2 Å². The molecule has 0 amide bonds. The molecule has 0 saturated carbocycles. The Kier molecular flexibility index (Phi) is 4.46. The van der Waals surface area contributed by atoms with Gasteiger partial charge in [-0.15, -0.1) is 5.10 Å². The predicted octanol–water partition coefficient (Wildman–Crippen LogP) is 3.88. The van der Waals surface area contributed by atoms with Crippen molar-refractivity contribution in [3.8, 4) is 5.82 Å². The fourth-order valence-corrected chi connectivity index (χ4v) is 4.21. The minimum absolute atomic E-state index is 0.164. The third-order valence-corrected chi connectivity index (χ3v) is 5.72. The van der Waals surface area contributed by atoms with Gasteiger partial charge in [0.15, 0.2) is 11.4 Å². The average Bonchev–Trinajstić information content (AvgIpc) is 3.53. The number of aromatic nitrogens is 5. The van der Waals surface area contributed by atoms with Crippen molar-refractivity contribution >= 4 is 39.5 Å². The zero-order valence-corrected chi connectivity index (χ0v) is 17.4. The molecule has 0 aliphatic carbocycles. The van der Waals surface area contributed by atoms with Gasteiger partial charge in [-0.3, -0.25) is 4.90 Å². The van der Waals surface area contributed by atoms with Crippen LogP contribution in [0.15, 0.2) is 59.1 Å². The van der Waals surface area contributed by atoms with Gasteiger partial charge in [-0.2, -0.15) is 9.67 Å². The number of hydrogen-bond acceptors (Lipinski definition) is 8. The predicted molar refractivity (Wildman–Crippen MR) is 123 cm³/mol. The van der Waals surface area contributed by atoms with Crippen LogP contribution in [0.3, 0.4) is 0 Å². The topological polar surface area (TPSA) is 111 Å². The lowest BCUT2D eigenvalue weighted by molar-refractivity contribution is 0.295. The van der Waals surface area contributed by atoms with Crippen LogP contribution in [-0.4, -0.2) is 42.7 Å². The van der Waals surface area contributed by atoms with E-state index in [1.54, 1.807) is 10.9 Å². The van der Waals surface area contributed by atoms with Gasteiger partial charge in [0.2, 0.25) is 17.8 Å². The van der Waals surface area contributed by atoms with Gasteiger partial charge in [-0.1, -0.05) is 24.3 Å². The highest BCUT2D eigenvalue weighted by atomic mass is 16.3. The number of oxazole rings is 1. The van der Waals surface area contributed by atoms with Crippen molar-refractivity contribution < 1.29 is 4.42 Å². The maximum atomic E-state index is 5.94. The van der Waals surface area contributed by atoms with E-state index in [1.807, 2.05) is 48.5 Å². The van der Waals surface area contributed by atoms with Crippen molar-refractivity contribution in [1.82, 2.24) is 29.6 Å². The fraction of sp³-hybridized carbons (Fsp3) is 0.217. The van der Waals surface area contributed by atoms with Crippen molar-refractivity contribution in [3.05, 3.63) is 60.6 Å². The number of nitrogen functional groups attached to an aromatic ring is 1. The average molecular weight is 426 g/mol. The van der Waals surface area contributed by atoms with Crippen molar-refractivity contribution in [3.63, 3.8) is 0 Å². The van der Waals surface area contributed by atoms with Crippen LogP contribution in [0.25, 0.3) is 27.7 Å². The van der Waals surface area contributed by atoms with E-state index in [1.165, 1.54) is 12.8 Å². The van der Waals surface area contributed by atoms with Gasteiger partial charge in [0, 0.05) is 17.3 Å². The van der Waals surface area contributed by atoms with E-state index >= 15 is 0 Å². The Hall–Kier alpha value is -3.98. The molecule has 0 atom stereocenters. The molecule has 0 spiro atoms. The molecule has 9 heteroatoms. The highest BCUT2D eigenvalue weighted by Gasteiger charge is 2.17. The van der Waals surface area contributed by atoms with Crippen LogP contribution < -0.4 is 11.1 Å². The summed E-state index contributed by atoms with van der Waals surface area (Å²) in [5.41, 5.74) is 8.32. The number of hydrogen-bond donors (Lipinski definition) is 2. The molecular weight excluding hydrogens is 404 g/mol. The smallest absolute Gasteiger partial charge is 0.241 e. The van der Waals surface area contributed by atoms with Gasteiger partial charge in [-0.25, -0.2) is 9.97 Å². The van der Waals surface area contributed by atoms with Crippen LogP contribution in [0.4, 0.5) is 17.6 Å². The first-order valence-electron chi connectivity index (χ1n) is 10.7. The number of pyridine rings is 1. The number of likely N-dealkylation sites (tertiary alicyclic amines) is 1. The molecule has 1 fully saturated rings. The van der Waals surface area contributed by atoms with Crippen LogP contribution in [0.2, 0.25) is 0 Å². The normalized spacial score (nSPS) is 14.5. The highest BCUT2D eigenvalue weighted by molar-refractivity contribution is 5.88. The Balaban J connectivity index is 1.33. The van der Waals surface area contributed by atoms with Gasteiger partial charge in [0.25, 0.3) is 0 Å². The van der Waals surface area contributed by atoms with E-state index in [0.717, 1.165) is 53.1 Å². The third-order valence-electron chi connectivity index (χ3n) is 5.72. The molecule has 1 aliphatic rings. The van der Waals surface area contributed by atoms with Gasteiger partial charge >= 0.3 is 0 Å². The van der Waals surface area contributed by atoms with Gasteiger partial charge in [-0.05, 0) is 55.6 Å². The Labute approximate surface area is 183 Å². The number of rotatable bonds is 5. The van der Waals surface area contributed by atoms with E-state index in [9.17, 15) is 0 Å². The zero-order chi connectivity index (χ0) is 21.5. The monoisotopic (exact) mass is 426 g/mol. The summed E-state index contributed by atoms with van der Waals surface area (Å²) in [6.45, 7) is 2.95. The van der Waals surface area contributed by atoms with Crippen molar-refractivity contribution in [1.29, 1.82) is 0 Å². The zero-order valence-electron chi connectivity index (χ0n) is 17.4. The number of anilines is 3. The van der Waals surface area contributed by atoms with E-state index in [0.29, 0.717) is 11.8 Å². The molecule has 9 nitrogen and oxygen atoms in total. The second-order valence-electron chi connectivity index (χ2n) is 7.96. The number of benzene rings is 2. The summed E-state index contributed by atoms with van der Waals surface area (Å²) >= 11 is 0. The number of nitrogens with zero attached hydrogens (tertiary/aromatic N) is 6. The van der Waals surface area contributed by atoms with E-state index < -0.39 is 0 Å². The molecule has 32 heavy (non-hydrogen) atoms. The molecular formula is C23H22N8O. The number of nitrogens with two attached hydrogens (primary N) is 1. The summed E-state index contributed by atoms with van der Waals surface area (Å²) in [6.07, 6.45) is 4.23. The van der Waals surface area contributed by atoms with Gasteiger partial charge in [0.1, 0.15) is 5.52 Å². The molecule has 0 bridgehead atoms. The minimum atomic E-state index is 0.164. The minimum Gasteiger partial charge on any atom is -0.439 e. The Morgan fingerprint density at radius 1 is 1.03 bits per heavy atom. The standard InChI is InChI=1S/C23H22N8O/c24-22-28-23(31(29-22)21-17-6-2-1-5-15(17)9-10-25-21)26-16-7-8-19-18(13-16)27-20(32-19)14-30-11-3-4-12-30/h1-2,5-10,13H,3-4,11-12,14H2,(H3,24,26,28,29). The van der Waals surface area contributed by atoms with Crippen molar-refractivity contribution in [2.24, 2.45) is 0 Å². The lowest BCUT2D eigenvalue weighted by Gasteiger charge is -2.10. The van der Waals surface area contributed by atoms with Crippen LogP contribution >= 0.6 is 0 Å². The largest absolute Gasteiger partial charge is 0.439 e. The molecule has 3 aromatic heterocycles. The number of nitrogens with one attached hydrogen (secondary N) is 1. The van der Waals surface area contributed by atoms with Crippen molar-refractivity contribution in [2.45, 2.75) is 19.4 Å². The summed E-state index contributed by atoms with van der Waals surface area (Å²) in [5, 5.41) is 9.70. The first-order chi connectivity index (χ1) is 15.7. The van der Waals surface area contributed by atoms with Gasteiger partial charge in [0.05, 0.1) is 6.54 Å². The highest BCUT2D eigenvalue weighted by Crippen LogP contribution is 2.27. The first kappa shape index (κ1) is 18.8. The molecule has 0 unspecified atom stereocenters. The van der Waals surface area contributed by atoms with Crippen LogP contribution in [0.1, 0.15) is 18.7 Å². The molecule has 1 aliphatic heterocycles. The molecule has 5 aromatic rings. The SMILES string of the molecule is Nc1nc(Nc2ccc3oc(CN4CCCC4)nc3c2)n(-c2nccc3ccccc23)n1. The first-order valence-corrected chi connectivity index (χ1v) is 10.7. The quantitative estimate of drug-likeness (QED) is 0.436. The number of fused-ring (bicyclic) bond motifs is 2. The van der Waals surface area contributed by atoms with Crippen molar-refractivity contribution in [2.75, 3.05) is 24.1 Å². The lowest BCUT2D eigenvalue weighted by atomic mass is 10.1. The van der Waals surface area contributed by atoms with Crippen LogP contribution in [0, 0.1) is 0 Å². The molecule has 4 heterocycles. The molecule has 160 valence electrons. The summed E-state index contributed by atoms with van der Waals surface area (Å²) < 4.78 is 7.57. The Morgan fingerprint density at radius 2 is 1.91 bits per heavy atom. The maximum absolute atomic E-state index is 5.94. The second-order valence-corrected chi connectivity index (χ2v) is 7.96. The molecule has 2 aromatic carbocycles. The van der Waals surface area contributed by atoms with E-state index in [-0.39, 0.29) is 5.95 Å². The summed E-state index contributed by atoms with van der Waals surface area (Å²) in [5.74, 6) is 2.04. The second kappa shape index (κ2) is 7.61. The van der Waals surface area contributed by atoms with E-state index in [2.05, 4.69) is 30.3 Å². The maximum Gasteiger partial charge on any atom is 0.241 e. The summed E-state index contributed by atoms with van der Waals surface area (Å²) in [7, 11) is 0. The van der Waals surface area contributed by atoms with Crippen LogP contribution in [-0.2, 0) is 6.54 Å². The van der Waals surface area contributed by atoms with Gasteiger partial charge < -0.3 is 15.5 Å². The molecule has 6 rings (SSSR count). The fourth-order valence-electron chi connectivity index (χ4n) is 4.21. The summed E-state index contributed by atoms with van der Waals surface area (Å²) in [4.78, 5) is 15.9. The van der Waals surface area contributed by atoms with Crippen LogP contribution in [0.5, 0.6) is 0 Å². The third kappa shape index (κ3) is 3.42. The Morgan fingerprint density at radius 3 is 2.81 bits per heavy atom. The lowest BCUT2D eigenvalue weighted by Crippen LogP contribution is -2.18. The molecule has 0 radical (unpaired) electrons.